The van der Waals surface area contributed by atoms with Crippen LogP contribution < -0.4 is 9.47 Å². The van der Waals surface area contributed by atoms with Crippen LogP contribution in [0, 0.1) is 20.2 Å². The normalized spacial score (nSPS) is 13.2. The third-order valence-corrected chi connectivity index (χ3v) is 2.03. The first-order chi connectivity index (χ1) is 7.59. The van der Waals surface area contributed by atoms with Crippen molar-refractivity contribution >= 4 is 11.4 Å². The fraction of sp³-hybridized carbons (Fsp3) is 0.250. The van der Waals surface area contributed by atoms with Crippen molar-refractivity contribution in [3.8, 4) is 11.5 Å². The van der Waals surface area contributed by atoms with Crippen LogP contribution in [0.3, 0.4) is 0 Å². The number of nitro groups is 2. The van der Waals surface area contributed by atoms with Crippen molar-refractivity contribution in [1.29, 1.82) is 0 Å². The maximum absolute atomic E-state index is 10.6. The zero-order valence-corrected chi connectivity index (χ0v) is 7.91. The van der Waals surface area contributed by atoms with Gasteiger partial charge in [-0.1, -0.05) is 0 Å². The number of nitro benzene ring substituents is 2. The molecule has 1 heterocycles. The molecule has 0 fully saturated rings. The van der Waals surface area contributed by atoms with Crippen molar-refractivity contribution in [2.24, 2.45) is 0 Å². The van der Waals surface area contributed by atoms with Crippen molar-refractivity contribution in [1.82, 2.24) is 0 Å². The largest absolute Gasteiger partial charge is 0.486 e. The number of nitrogens with zero attached hydrogens (tertiary/aromatic N) is 2. The van der Waals surface area contributed by atoms with Gasteiger partial charge in [-0.2, -0.15) is 0 Å². The van der Waals surface area contributed by atoms with Crippen LogP contribution in [0.1, 0.15) is 0 Å². The third-order valence-electron chi connectivity index (χ3n) is 2.03. The SMILES string of the molecule is O=[N+]([O-])c1cc2c(cc1[N+](=O)[O-])OCCO2. The standard InChI is InChI=1S/C8H6N2O6/c11-9(12)5-3-7-8(16-2-1-15-7)4-6(5)10(13)14/h3-4H,1-2H2. The minimum Gasteiger partial charge on any atom is -0.486 e. The fourth-order valence-electron chi connectivity index (χ4n) is 1.36. The van der Waals surface area contributed by atoms with E-state index in [0.717, 1.165) is 12.1 Å². The molecular weight excluding hydrogens is 220 g/mol. The van der Waals surface area contributed by atoms with E-state index in [1.807, 2.05) is 0 Å². The van der Waals surface area contributed by atoms with Gasteiger partial charge in [0.1, 0.15) is 13.2 Å². The molecule has 0 spiro atoms. The maximum atomic E-state index is 10.6. The molecule has 0 atom stereocenters. The van der Waals surface area contributed by atoms with Gasteiger partial charge in [0.2, 0.25) is 0 Å². The second kappa shape index (κ2) is 3.65. The van der Waals surface area contributed by atoms with Crippen LogP contribution in [0.25, 0.3) is 0 Å². The van der Waals surface area contributed by atoms with Crippen LogP contribution in [-0.4, -0.2) is 23.1 Å². The molecule has 8 nitrogen and oxygen atoms in total. The molecule has 1 aliphatic rings. The molecule has 0 unspecified atom stereocenters. The van der Waals surface area contributed by atoms with E-state index in [9.17, 15) is 20.2 Å². The summed E-state index contributed by atoms with van der Waals surface area (Å²) in [7, 11) is 0. The number of hydrogen-bond acceptors (Lipinski definition) is 6. The van der Waals surface area contributed by atoms with Gasteiger partial charge >= 0.3 is 11.4 Å². The van der Waals surface area contributed by atoms with Gasteiger partial charge < -0.3 is 9.47 Å². The van der Waals surface area contributed by atoms with Gasteiger partial charge in [0.25, 0.3) is 0 Å². The Morgan fingerprint density at radius 3 is 1.62 bits per heavy atom. The number of ether oxygens (including phenoxy) is 2. The van der Waals surface area contributed by atoms with Gasteiger partial charge in [-0.15, -0.1) is 0 Å². The molecule has 84 valence electrons. The summed E-state index contributed by atoms with van der Waals surface area (Å²) >= 11 is 0. The molecule has 0 saturated heterocycles. The molecule has 1 aliphatic heterocycles. The lowest BCUT2D eigenvalue weighted by Gasteiger charge is -2.17. The predicted molar refractivity (Wildman–Crippen MR) is 50.7 cm³/mol. The summed E-state index contributed by atoms with van der Waals surface area (Å²) in [6.07, 6.45) is 0. The summed E-state index contributed by atoms with van der Waals surface area (Å²) in [5.74, 6) is 0.312. The molecule has 1 aromatic carbocycles. The summed E-state index contributed by atoms with van der Waals surface area (Å²) in [4.78, 5) is 19.6. The quantitative estimate of drug-likeness (QED) is 0.555. The van der Waals surface area contributed by atoms with Gasteiger partial charge in [-0.3, -0.25) is 20.2 Å². The highest BCUT2D eigenvalue weighted by Gasteiger charge is 2.29. The van der Waals surface area contributed by atoms with Crippen LogP contribution >= 0.6 is 0 Å². The average molecular weight is 226 g/mol. The lowest BCUT2D eigenvalue weighted by molar-refractivity contribution is -0.422. The van der Waals surface area contributed by atoms with Gasteiger partial charge in [0.05, 0.1) is 22.0 Å². The lowest BCUT2D eigenvalue weighted by atomic mass is 10.2. The van der Waals surface area contributed by atoms with Gasteiger partial charge in [-0.25, -0.2) is 0 Å². The molecule has 8 heteroatoms. The van der Waals surface area contributed by atoms with E-state index in [1.165, 1.54) is 0 Å². The smallest absolute Gasteiger partial charge is 0.350 e. The first-order valence-corrected chi connectivity index (χ1v) is 4.32. The van der Waals surface area contributed by atoms with Gasteiger partial charge in [0.15, 0.2) is 11.5 Å². The van der Waals surface area contributed by atoms with Crippen LogP contribution in [0.15, 0.2) is 12.1 Å². The highest BCUT2D eigenvalue weighted by Crippen LogP contribution is 2.40. The summed E-state index contributed by atoms with van der Waals surface area (Å²) < 4.78 is 10.2. The molecule has 2 rings (SSSR count). The van der Waals surface area contributed by atoms with E-state index in [2.05, 4.69) is 0 Å². The van der Waals surface area contributed by atoms with E-state index in [-0.39, 0.29) is 24.7 Å². The first kappa shape index (κ1) is 10.1. The lowest BCUT2D eigenvalue weighted by Crippen LogP contribution is -2.15. The van der Waals surface area contributed by atoms with E-state index >= 15 is 0 Å². The highest BCUT2D eigenvalue weighted by atomic mass is 16.6. The molecule has 1 aromatic rings. The van der Waals surface area contributed by atoms with Crippen molar-refractivity contribution in [2.45, 2.75) is 0 Å². The predicted octanol–water partition coefficient (Wildman–Crippen LogP) is 1.27. The van der Waals surface area contributed by atoms with E-state index in [4.69, 9.17) is 9.47 Å². The van der Waals surface area contributed by atoms with Gasteiger partial charge in [0, 0.05) is 0 Å². The molecule has 0 bridgehead atoms. The monoisotopic (exact) mass is 226 g/mol. The molecule has 0 radical (unpaired) electrons. The van der Waals surface area contributed by atoms with Crippen LogP contribution in [0.5, 0.6) is 11.5 Å². The molecule has 0 N–H and O–H groups in total. The number of rotatable bonds is 2. The summed E-state index contributed by atoms with van der Waals surface area (Å²) in [6, 6.07) is 2.01. The molecule has 0 amide bonds. The van der Waals surface area contributed by atoms with Crippen molar-refractivity contribution in [3.05, 3.63) is 32.4 Å². The van der Waals surface area contributed by atoms with E-state index in [1.54, 1.807) is 0 Å². The van der Waals surface area contributed by atoms with E-state index < -0.39 is 21.2 Å². The van der Waals surface area contributed by atoms with Crippen molar-refractivity contribution in [2.75, 3.05) is 13.2 Å². The van der Waals surface area contributed by atoms with Crippen LogP contribution in [0.4, 0.5) is 11.4 Å². The van der Waals surface area contributed by atoms with E-state index in [0.29, 0.717) is 0 Å². The fourth-order valence-corrected chi connectivity index (χ4v) is 1.36. The Balaban J connectivity index is 2.59. The summed E-state index contributed by atoms with van der Waals surface area (Å²) in [5, 5.41) is 21.2. The number of benzene rings is 1. The zero-order chi connectivity index (χ0) is 11.7. The molecular formula is C8H6N2O6. The Kier molecular flexibility index (Phi) is 2.31. The number of fused-ring (bicyclic) bond motifs is 1. The Morgan fingerprint density at radius 1 is 0.938 bits per heavy atom. The second-order valence-corrected chi connectivity index (χ2v) is 3.00. The third kappa shape index (κ3) is 1.60. The molecule has 0 aromatic heterocycles. The van der Waals surface area contributed by atoms with Crippen molar-refractivity contribution < 1.29 is 19.3 Å². The Bertz CT molecular complexity index is 429. The first-order valence-electron chi connectivity index (χ1n) is 4.32. The highest BCUT2D eigenvalue weighted by molar-refractivity contribution is 5.62. The second-order valence-electron chi connectivity index (χ2n) is 3.00. The van der Waals surface area contributed by atoms with Crippen LogP contribution in [-0.2, 0) is 0 Å². The number of hydrogen-bond donors (Lipinski definition) is 0. The Hall–Kier alpha value is -2.38. The topological polar surface area (TPSA) is 105 Å². The average Bonchev–Trinajstić information content (AvgIpc) is 2.27. The van der Waals surface area contributed by atoms with Crippen molar-refractivity contribution in [3.63, 3.8) is 0 Å². The van der Waals surface area contributed by atoms with Gasteiger partial charge in [-0.05, 0) is 0 Å². The molecule has 16 heavy (non-hydrogen) atoms. The van der Waals surface area contributed by atoms with Crippen LogP contribution in [0.2, 0.25) is 0 Å². The summed E-state index contributed by atoms with van der Waals surface area (Å²) in [6.45, 7) is 0.532. The Labute approximate surface area is 88.7 Å². The zero-order valence-electron chi connectivity index (χ0n) is 7.91. The maximum Gasteiger partial charge on any atom is 0.350 e. The Morgan fingerprint density at radius 2 is 1.31 bits per heavy atom. The molecule has 0 saturated carbocycles. The minimum absolute atomic E-state index is 0.156. The molecule has 0 aliphatic carbocycles. The minimum atomic E-state index is -0.823. The summed E-state index contributed by atoms with van der Waals surface area (Å²) in [5.41, 5.74) is -1.21.